The van der Waals surface area contributed by atoms with Gasteiger partial charge in [0.15, 0.2) is 0 Å². The van der Waals surface area contributed by atoms with Crippen molar-refractivity contribution in [2.75, 3.05) is 53.1 Å². The molecule has 11 heteroatoms. The van der Waals surface area contributed by atoms with Crippen molar-refractivity contribution in [1.82, 2.24) is 19.1 Å². The second-order valence-corrected chi connectivity index (χ2v) is 16.8. The molecule has 1 aromatic heterocycles. The predicted octanol–water partition coefficient (Wildman–Crippen LogP) is 6.42. The van der Waals surface area contributed by atoms with E-state index >= 15 is 0 Å². The van der Waals surface area contributed by atoms with Gasteiger partial charge in [-0.15, -0.1) is 0 Å². The Balaban J connectivity index is 1.28. The van der Waals surface area contributed by atoms with Crippen LogP contribution in [0, 0.1) is 5.92 Å². The maximum atomic E-state index is 12.6. The van der Waals surface area contributed by atoms with Crippen molar-refractivity contribution >= 4 is 33.0 Å². The summed E-state index contributed by atoms with van der Waals surface area (Å²) in [6.45, 7) is 9.01. The number of aromatic nitrogens is 1. The van der Waals surface area contributed by atoms with Gasteiger partial charge in [0.05, 0.1) is 24.1 Å². The van der Waals surface area contributed by atoms with Gasteiger partial charge < -0.3 is 23.8 Å². The van der Waals surface area contributed by atoms with Crippen molar-refractivity contribution < 1.29 is 27.5 Å². The van der Waals surface area contributed by atoms with E-state index in [1.165, 1.54) is 67.0 Å². The Bertz CT molecular complexity index is 1740. The van der Waals surface area contributed by atoms with Crippen LogP contribution >= 0.6 is 0 Å². The molecule has 49 heavy (non-hydrogen) atoms. The summed E-state index contributed by atoms with van der Waals surface area (Å²) < 4.78 is 39.4. The summed E-state index contributed by atoms with van der Waals surface area (Å²) in [4.78, 5) is 29.1. The summed E-state index contributed by atoms with van der Waals surface area (Å²) >= 11 is 0. The number of nitrogens with one attached hydrogen (secondary N) is 1. The Kier molecular flexibility index (Phi) is 11.8. The van der Waals surface area contributed by atoms with Gasteiger partial charge in [-0.1, -0.05) is 49.6 Å². The fourth-order valence-electron chi connectivity index (χ4n) is 7.58. The fraction of sp³-hybridized carbons (Fsp3) is 0.579. The van der Waals surface area contributed by atoms with Crippen LogP contribution in [-0.4, -0.2) is 93.6 Å². The van der Waals surface area contributed by atoms with Gasteiger partial charge in [0, 0.05) is 42.6 Å². The number of hydrogen-bond acceptors (Lipinski definition) is 8. The van der Waals surface area contributed by atoms with Crippen LogP contribution < -0.4 is 4.72 Å². The van der Waals surface area contributed by atoms with Gasteiger partial charge >= 0.3 is 12.1 Å². The highest BCUT2D eigenvalue weighted by molar-refractivity contribution is 7.90. The van der Waals surface area contributed by atoms with E-state index in [1.54, 1.807) is 20.8 Å². The molecule has 1 saturated carbocycles. The topological polar surface area (TPSA) is 110 Å². The van der Waals surface area contributed by atoms with Gasteiger partial charge in [0.1, 0.15) is 5.60 Å². The van der Waals surface area contributed by atoms with Gasteiger partial charge in [0.2, 0.25) is 10.0 Å². The summed E-state index contributed by atoms with van der Waals surface area (Å²) in [6, 6.07) is 14.9. The maximum Gasteiger partial charge on any atom is 0.421 e. The van der Waals surface area contributed by atoms with Crippen LogP contribution in [0.25, 0.3) is 22.2 Å². The van der Waals surface area contributed by atoms with E-state index in [1.807, 2.05) is 23.9 Å². The third-order valence-corrected chi connectivity index (χ3v) is 11.1. The molecular formula is C38H54N4O6S. The van der Waals surface area contributed by atoms with Crippen molar-refractivity contribution in [3.63, 3.8) is 0 Å². The Morgan fingerprint density at radius 2 is 1.69 bits per heavy atom. The predicted molar refractivity (Wildman–Crippen MR) is 195 cm³/mol. The lowest BCUT2D eigenvalue weighted by Crippen LogP contribution is -2.38. The molecule has 0 saturated heterocycles. The number of amides is 1. The molecule has 10 nitrogen and oxygen atoms in total. The molecule has 3 aromatic rings. The monoisotopic (exact) mass is 694 g/mol. The van der Waals surface area contributed by atoms with Crippen LogP contribution in [0.2, 0.25) is 0 Å². The van der Waals surface area contributed by atoms with E-state index < -0.39 is 21.7 Å². The van der Waals surface area contributed by atoms with Crippen molar-refractivity contribution in [1.29, 1.82) is 0 Å². The molecule has 2 aliphatic rings. The van der Waals surface area contributed by atoms with Crippen LogP contribution in [0.5, 0.6) is 0 Å². The van der Waals surface area contributed by atoms with Gasteiger partial charge in [-0.25, -0.2) is 22.7 Å². The molecular weight excluding hydrogens is 641 g/mol. The molecule has 1 unspecified atom stereocenters. The number of benzene rings is 2. The first kappa shape index (κ1) is 36.9. The molecule has 1 fully saturated rings. The third-order valence-electron chi connectivity index (χ3n) is 9.78. The zero-order chi connectivity index (χ0) is 35.3. The molecule has 1 N–H and O–H groups in total. The quantitative estimate of drug-likeness (QED) is 0.216. The van der Waals surface area contributed by atoms with Crippen LogP contribution in [0.4, 0.5) is 4.79 Å². The minimum absolute atomic E-state index is 0.151. The molecule has 2 aromatic carbocycles. The second-order valence-electron chi connectivity index (χ2n) is 15.0. The van der Waals surface area contributed by atoms with E-state index in [9.17, 15) is 18.0 Å². The number of rotatable bonds is 12. The SMILES string of the molecule is COC(=O)c1ccc2c(C3CCCCC3)c3n(c2c1)CC(CN(C)CCN(C)CCCS(=O)(=O)NC(=O)OC(C)(C)C)Cc1ccccc1-3. The first-order valence-corrected chi connectivity index (χ1v) is 19.3. The van der Waals surface area contributed by atoms with Crippen LogP contribution in [0.1, 0.15) is 86.7 Å². The number of ether oxygens (including phenoxy) is 2. The molecule has 1 aliphatic carbocycles. The van der Waals surface area contributed by atoms with Crippen LogP contribution in [0.3, 0.4) is 0 Å². The number of esters is 1. The second kappa shape index (κ2) is 15.6. The molecule has 0 radical (unpaired) electrons. The number of sulfonamides is 1. The standard InChI is InChI=1S/C38H54N4O6S/c1-38(2,3)48-37(44)39-49(45,46)22-12-19-40(4)20-21-41(5)25-27-23-29-15-10-11-16-31(29)35-34(28-13-8-7-9-14-28)32-18-17-30(36(43)47-6)24-33(32)42(35)26-27/h10-11,15-18,24,27-28H,7-9,12-14,19-23,25-26H2,1-6H3,(H,39,44). The van der Waals surface area contributed by atoms with Crippen molar-refractivity contribution in [3.8, 4) is 11.3 Å². The van der Waals surface area contributed by atoms with Gasteiger partial charge in [-0.2, -0.15) is 0 Å². The summed E-state index contributed by atoms with van der Waals surface area (Å²) in [6.07, 6.45) is 6.59. The van der Waals surface area contributed by atoms with E-state index in [-0.39, 0.29) is 11.7 Å². The third kappa shape index (κ3) is 9.43. The number of fused-ring (bicyclic) bond motifs is 5. The lowest BCUT2D eigenvalue weighted by Gasteiger charge is -2.26. The first-order chi connectivity index (χ1) is 23.2. The normalized spacial score (nSPS) is 17.1. The number of methoxy groups -OCH3 is 1. The number of likely N-dealkylation sites (N-methyl/N-ethyl adjacent to an activating group) is 2. The minimum Gasteiger partial charge on any atom is -0.465 e. The summed E-state index contributed by atoms with van der Waals surface area (Å²) in [7, 11) is 1.81. The smallest absolute Gasteiger partial charge is 0.421 e. The highest BCUT2D eigenvalue weighted by Crippen LogP contribution is 2.46. The molecule has 1 atom stereocenters. The Morgan fingerprint density at radius 1 is 0.980 bits per heavy atom. The highest BCUT2D eigenvalue weighted by Gasteiger charge is 2.31. The lowest BCUT2D eigenvalue weighted by molar-refractivity contribution is 0.0567. The van der Waals surface area contributed by atoms with Gasteiger partial charge in [-0.05, 0) is 102 Å². The molecule has 2 heterocycles. The summed E-state index contributed by atoms with van der Waals surface area (Å²) in [5, 5.41) is 1.25. The van der Waals surface area contributed by atoms with Crippen LogP contribution in [-0.2, 0) is 32.5 Å². The maximum absolute atomic E-state index is 12.6. The Hall–Kier alpha value is -3.41. The van der Waals surface area contributed by atoms with Gasteiger partial charge in [0.25, 0.3) is 0 Å². The fourth-order valence-corrected chi connectivity index (χ4v) is 8.48. The number of carbonyl (C=O) groups excluding carboxylic acids is 2. The Labute approximate surface area is 292 Å². The first-order valence-electron chi connectivity index (χ1n) is 17.7. The minimum atomic E-state index is -3.77. The van der Waals surface area contributed by atoms with Crippen molar-refractivity contribution in [2.45, 2.75) is 83.8 Å². The number of carbonyl (C=O) groups is 2. The van der Waals surface area contributed by atoms with Crippen molar-refractivity contribution in [2.24, 2.45) is 5.92 Å². The van der Waals surface area contributed by atoms with Gasteiger partial charge in [-0.3, -0.25) is 0 Å². The zero-order valence-electron chi connectivity index (χ0n) is 30.1. The molecule has 268 valence electrons. The number of nitrogens with zero attached hydrogens (tertiary/aromatic N) is 3. The molecule has 1 aliphatic heterocycles. The lowest BCUT2D eigenvalue weighted by atomic mass is 9.81. The Morgan fingerprint density at radius 3 is 2.41 bits per heavy atom. The van der Waals surface area contributed by atoms with E-state index in [0.29, 0.717) is 30.4 Å². The molecule has 1 amide bonds. The average molecular weight is 695 g/mol. The average Bonchev–Trinajstić information content (AvgIpc) is 3.26. The molecule has 0 bridgehead atoms. The summed E-state index contributed by atoms with van der Waals surface area (Å²) in [5.41, 5.74) is 6.35. The van der Waals surface area contributed by atoms with E-state index in [0.717, 1.165) is 38.1 Å². The molecule has 0 spiro atoms. The summed E-state index contributed by atoms with van der Waals surface area (Å²) in [5.74, 6) is 0.380. The van der Waals surface area contributed by atoms with E-state index in [2.05, 4.69) is 51.7 Å². The highest BCUT2D eigenvalue weighted by atomic mass is 32.2. The zero-order valence-corrected chi connectivity index (χ0v) is 30.9. The van der Waals surface area contributed by atoms with Crippen molar-refractivity contribution in [3.05, 3.63) is 59.2 Å². The van der Waals surface area contributed by atoms with Crippen LogP contribution in [0.15, 0.2) is 42.5 Å². The number of hydrogen-bond donors (Lipinski definition) is 1. The largest absolute Gasteiger partial charge is 0.465 e. The van der Waals surface area contributed by atoms with E-state index in [4.69, 9.17) is 9.47 Å². The molecule has 5 rings (SSSR count).